The summed E-state index contributed by atoms with van der Waals surface area (Å²) in [6, 6.07) is 8.42. The number of hydrogen-bond acceptors (Lipinski definition) is 4. The minimum atomic E-state index is -3.74. The predicted molar refractivity (Wildman–Crippen MR) is 97.6 cm³/mol. The molecule has 1 N–H and O–H groups in total. The first kappa shape index (κ1) is 17.3. The third-order valence-corrected chi connectivity index (χ3v) is 5.80. The Hall–Kier alpha value is -2.54. The zero-order valence-electron chi connectivity index (χ0n) is 14.6. The molecule has 0 fully saturated rings. The van der Waals surface area contributed by atoms with Crippen LogP contribution >= 0.6 is 0 Å². The first-order valence-electron chi connectivity index (χ1n) is 7.97. The molecule has 0 aliphatic carbocycles. The highest BCUT2D eigenvalue weighted by molar-refractivity contribution is 7.92. The van der Waals surface area contributed by atoms with Crippen LogP contribution in [0.4, 0.5) is 5.69 Å². The van der Waals surface area contributed by atoms with Gasteiger partial charge in [0, 0.05) is 12.6 Å². The highest BCUT2D eigenvalue weighted by atomic mass is 32.2. The van der Waals surface area contributed by atoms with Crippen molar-refractivity contribution in [2.45, 2.75) is 39.1 Å². The zero-order chi connectivity index (χ0) is 18.4. The van der Waals surface area contributed by atoms with Crippen LogP contribution in [0.3, 0.4) is 0 Å². The number of anilines is 1. The second kappa shape index (κ2) is 6.07. The topological polar surface area (TPSA) is 81.3 Å². The van der Waals surface area contributed by atoms with Gasteiger partial charge in [-0.05, 0) is 62.6 Å². The number of rotatable bonds is 4. The monoisotopic (exact) mass is 360 g/mol. The van der Waals surface area contributed by atoms with E-state index in [4.69, 9.17) is 4.42 Å². The number of benzene rings is 2. The standard InChI is InChI=1S/C18H20N2O4S/c1-5-20-15-7-6-14(10-16(15)24-18(20)21)19-25(22,23)17-9-11(2)8-12(3)13(17)4/h6-10,19H,5H2,1-4H3. The number of hydrogen-bond donors (Lipinski definition) is 1. The van der Waals surface area contributed by atoms with Gasteiger partial charge in [0.15, 0.2) is 5.58 Å². The Morgan fingerprint density at radius 1 is 1.12 bits per heavy atom. The van der Waals surface area contributed by atoms with Gasteiger partial charge in [0.2, 0.25) is 0 Å². The summed E-state index contributed by atoms with van der Waals surface area (Å²) < 4.78 is 34.8. The molecular formula is C18H20N2O4S. The summed E-state index contributed by atoms with van der Waals surface area (Å²) in [5, 5.41) is 0. The SMILES string of the molecule is CCn1c(=O)oc2cc(NS(=O)(=O)c3cc(C)cc(C)c3C)ccc21. The van der Waals surface area contributed by atoms with Crippen LogP contribution in [0.15, 0.2) is 44.4 Å². The molecule has 6 nitrogen and oxygen atoms in total. The highest BCUT2D eigenvalue weighted by Gasteiger charge is 2.19. The molecule has 0 unspecified atom stereocenters. The van der Waals surface area contributed by atoms with Gasteiger partial charge in [-0.25, -0.2) is 13.2 Å². The van der Waals surface area contributed by atoms with Crippen LogP contribution in [-0.4, -0.2) is 13.0 Å². The lowest BCUT2D eigenvalue weighted by Gasteiger charge is -2.13. The fraction of sp³-hybridized carbons (Fsp3) is 0.278. The molecule has 0 aliphatic rings. The van der Waals surface area contributed by atoms with Gasteiger partial charge in [0.25, 0.3) is 10.0 Å². The molecule has 0 bridgehead atoms. The van der Waals surface area contributed by atoms with Crippen LogP contribution in [0.2, 0.25) is 0 Å². The van der Waals surface area contributed by atoms with Gasteiger partial charge < -0.3 is 4.42 Å². The van der Waals surface area contributed by atoms with Crippen LogP contribution < -0.4 is 10.5 Å². The van der Waals surface area contributed by atoms with Crippen molar-refractivity contribution in [3.8, 4) is 0 Å². The summed E-state index contributed by atoms with van der Waals surface area (Å²) in [6.07, 6.45) is 0. The Kier molecular flexibility index (Phi) is 4.20. The average Bonchev–Trinajstić information content (AvgIpc) is 2.84. The number of nitrogens with zero attached hydrogens (tertiary/aromatic N) is 1. The quantitative estimate of drug-likeness (QED) is 0.774. The van der Waals surface area contributed by atoms with Gasteiger partial charge in [-0.15, -0.1) is 0 Å². The van der Waals surface area contributed by atoms with E-state index < -0.39 is 15.8 Å². The zero-order valence-corrected chi connectivity index (χ0v) is 15.4. The second-order valence-corrected chi connectivity index (χ2v) is 7.76. The maximum atomic E-state index is 12.8. The Bertz CT molecular complexity index is 1120. The molecule has 0 radical (unpaired) electrons. The van der Waals surface area contributed by atoms with Crippen LogP contribution in [0.1, 0.15) is 23.6 Å². The number of oxazole rings is 1. The first-order chi connectivity index (χ1) is 11.7. The summed E-state index contributed by atoms with van der Waals surface area (Å²) in [5.74, 6) is -0.456. The van der Waals surface area contributed by atoms with Gasteiger partial charge in [-0.2, -0.15) is 0 Å². The van der Waals surface area contributed by atoms with Crippen LogP contribution in [0.25, 0.3) is 11.1 Å². The fourth-order valence-corrected chi connectivity index (χ4v) is 4.37. The highest BCUT2D eigenvalue weighted by Crippen LogP contribution is 2.25. The molecule has 0 amide bonds. The average molecular weight is 360 g/mol. The molecule has 0 aliphatic heterocycles. The van der Waals surface area contributed by atoms with Crippen molar-refractivity contribution in [2.75, 3.05) is 4.72 Å². The Morgan fingerprint density at radius 2 is 1.84 bits per heavy atom. The van der Waals surface area contributed by atoms with Crippen molar-refractivity contribution in [1.29, 1.82) is 0 Å². The third-order valence-electron chi connectivity index (χ3n) is 4.29. The van der Waals surface area contributed by atoms with Crippen molar-refractivity contribution in [1.82, 2.24) is 4.57 Å². The lowest BCUT2D eigenvalue weighted by molar-refractivity contribution is 0.513. The number of nitrogens with one attached hydrogen (secondary N) is 1. The molecular weight excluding hydrogens is 340 g/mol. The van der Waals surface area contributed by atoms with E-state index in [1.807, 2.05) is 26.8 Å². The minimum Gasteiger partial charge on any atom is -0.408 e. The van der Waals surface area contributed by atoms with E-state index >= 15 is 0 Å². The van der Waals surface area contributed by atoms with Crippen molar-refractivity contribution < 1.29 is 12.8 Å². The van der Waals surface area contributed by atoms with Gasteiger partial charge in [0.05, 0.1) is 16.1 Å². The van der Waals surface area contributed by atoms with Gasteiger partial charge in [0.1, 0.15) is 0 Å². The normalized spacial score (nSPS) is 11.8. The van der Waals surface area contributed by atoms with Gasteiger partial charge in [-0.1, -0.05) is 6.07 Å². The summed E-state index contributed by atoms with van der Waals surface area (Å²) in [6.45, 7) is 7.86. The Balaban J connectivity index is 2.04. The van der Waals surface area contributed by atoms with E-state index in [0.717, 1.165) is 11.1 Å². The molecule has 2 aromatic carbocycles. The number of aromatic nitrogens is 1. The molecule has 1 aromatic heterocycles. The predicted octanol–water partition coefficient (Wildman–Crippen LogP) is 3.34. The molecule has 3 rings (SSSR count). The van der Waals surface area contributed by atoms with E-state index in [0.29, 0.717) is 28.9 Å². The maximum Gasteiger partial charge on any atom is 0.419 e. The lowest BCUT2D eigenvalue weighted by Crippen LogP contribution is -2.15. The third kappa shape index (κ3) is 3.07. The molecule has 0 atom stereocenters. The molecule has 1 heterocycles. The maximum absolute atomic E-state index is 12.8. The summed E-state index contributed by atoms with van der Waals surface area (Å²) >= 11 is 0. The van der Waals surface area contributed by atoms with E-state index in [9.17, 15) is 13.2 Å². The molecule has 132 valence electrons. The fourth-order valence-electron chi connectivity index (χ4n) is 2.92. The molecule has 0 spiro atoms. The number of fused-ring (bicyclic) bond motifs is 1. The minimum absolute atomic E-state index is 0.248. The molecule has 7 heteroatoms. The van der Waals surface area contributed by atoms with Crippen molar-refractivity contribution in [3.05, 3.63) is 57.6 Å². The van der Waals surface area contributed by atoms with Crippen molar-refractivity contribution >= 4 is 26.8 Å². The summed E-state index contributed by atoms with van der Waals surface area (Å²) in [7, 11) is -3.74. The van der Waals surface area contributed by atoms with Crippen molar-refractivity contribution in [2.24, 2.45) is 0 Å². The van der Waals surface area contributed by atoms with E-state index in [-0.39, 0.29) is 4.90 Å². The van der Waals surface area contributed by atoms with Crippen molar-refractivity contribution in [3.63, 3.8) is 0 Å². The number of aryl methyl sites for hydroxylation is 3. The molecule has 25 heavy (non-hydrogen) atoms. The molecule has 0 saturated heterocycles. The Labute approximate surface area is 146 Å². The van der Waals surface area contributed by atoms with E-state index in [2.05, 4.69) is 4.72 Å². The van der Waals surface area contributed by atoms with E-state index in [1.54, 1.807) is 25.1 Å². The summed E-state index contributed by atoms with van der Waals surface area (Å²) in [4.78, 5) is 12.0. The van der Waals surface area contributed by atoms with Gasteiger partial charge >= 0.3 is 5.76 Å². The second-order valence-electron chi connectivity index (χ2n) is 6.11. The lowest BCUT2D eigenvalue weighted by atomic mass is 10.1. The first-order valence-corrected chi connectivity index (χ1v) is 9.45. The van der Waals surface area contributed by atoms with Crippen LogP contribution in [0, 0.1) is 20.8 Å². The van der Waals surface area contributed by atoms with Crippen LogP contribution in [-0.2, 0) is 16.6 Å². The largest absolute Gasteiger partial charge is 0.419 e. The number of sulfonamides is 1. The molecule has 3 aromatic rings. The van der Waals surface area contributed by atoms with Gasteiger partial charge in [-0.3, -0.25) is 9.29 Å². The summed E-state index contributed by atoms with van der Waals surface area (Å²) in [5.41, 5.74) is 3.85. The molecule has 0 saturated carbocycles. The Morgan fingerprint density at radius 3 is 2.52 bits per heavy atom. The van der Waals surface area contributed by atoms with Crippen LogP contribution in [0.5, 0.6) is 0 Å². The smallest absolute Gasteiger partial charge is 0.408 e. The van der Waals surface area contributed by atoms with E-state index in [1.165, 1.54) is 10.6 Å².